The third kappa shape index (κ3) is 2.63. The van der Waals surface area contributed by atoms with E-state index in [0.29, 0.717) is 5.56 Å². The number of para-hydroxylation sites is 1. The van der Waals surface area contributed by atoms with Gasteiger partial charge in [0.05, 0.1) is 5.56 Å². The van der Waals surface area contributed by atoms with Crippen molar-refractivity contribution < 1.29 is 9.21 Å². The molecule has 0 amide bonds. The van der Waals surface area contributed by atoms with E-state index in [9.17, 15) is 4.79 Å². The smallest absolute Gasteiger partial charge is 0.197 e. The summed E-state index contributed by atoms with van der Waals surface area (Å²) in [5, 5.41) is 0.858. The second-order valence-corrected chi connectivity index (χ2v) is 5.79. The van der Waals surface area contributed by atoms with Crippen LogP contribution in [0.2, 0.25) is 0 Å². The SMILES string of the molecule is O=C(c1ccccc1Cc1ccccc1)c1coc2ccccc12. The molecule has 2 heteroatoms. The van der Waals surface area contributed by atoms with Crippen LogP contribution in [0.4, 0.5) is 0 Å². The van der Waals surface area contributed by atoms with E-state index < -0.39 is 0 Å². The predicted octanol–water partition coefficient (Wildman–Crippen LogP) is 5.25. The normalized spacial score (nSPS) is 10.8. The van der Waals surface area contributed by atoms with Gasteiger partial charge < -0.3 is 4.42 Å². The summed E-state index contributed by atoms with van der Waals surface area (Å²) in [6.07, 6.45) is 2.30. The van der Waals surface area contributed by atoms with Crippen molar-refractivity contribution in [2.75, 3.05) is 0 Å². The molecule has 0 aliphatic heterocycles. The Morgan fingerprint density at radius 1 is 0.750 bits per heavy atom. The van der Waals surface area contributed by atoms with Crippen LogP contribution >= 0.6 is 0 Å². The average molecular weight is 312 g/mol. The summed E-state index contributed by atoms with van der Waals surface area (Å²) in [7, 11) is 0. The van der Waals surface area contributed by atoms with E-state index in [0.717, 1.165) is 28.5 Å². The molecule has 1 heterocycles. The van der Waals surface area contributed by atoms with Gasteiger partial charge in [-0.05, 0) is 23.6 Å². The number of carbonyl (C=O) groups is 1. The molecule has 0 saturated carbocycles. The molecule has 0 saturated heterocycles. The van der Waals surface area contributed by atoms with Gasteiger partial charge in [-0.2, -0.15) is 0 Å². The number of fused-ring (bicyclic) bond motifs is 1. The zero-order chi connectivity index (χ0) is 16.4. The highest BCUT2D eigenvalue weighted by Gasteiger charge is 2.18. The molecule has 0 aliphatic rings. The van der Waals surface area contributed by atoms with Gasteiger partial charge in [0.15, 0.2) is 5.78 Å². The number of carbonyl (C=O) groups excluding carboxylic acids is 1. The molecule has 116 valence electrons. The summed E-state index contributed by atoms with van der Waals surface area (Å²) in [6, 6.07) is 25.6. The predicted molar refractivity (Wildman–Crippen MR) is 95.3 cm³/mol. The maximum atomic E-state index is 13.1. The van der Waals surface area contributed by atoms with Crippen LogP contribution in [0.25, 0.3) is 11.0 Å². The molecule has 0 aliphatic carbocycles. The Hall–Kier alpha value is -3.13. The minimum absolute atomic E-state index is 0.00600. The molecule has 3 aromatic carbocycles. The second kappa shape index (κ2) is 6.17. The van der Waals surface area contributed by atoms with Gasteiger partial charge in [-0.25, -0.2) is 0 Å². The van der Waals surface area contributed by atoms with Gasteiger partial charge in [0, 0.05) is 10.9 Å². The summed E-state index contributed by atoms with van der Waals surface area (Å²) in [5.41, 5.74) is 4.30. The Labute approximate surface area is 140 Å². The molecule has 24 heavy (non-hydrogen) atoms. The highest BCUT2D eigenvalue weighted by Crippen LogP contribution is 2.25. The van der Waals surface area contributed by atoms with Gasteiger partial charge in [-0.15, -0.1) is 0 Å². The number of ketones is 1. The van der Waals surface area contributed by atoms with Crippen molar-refractivity contribution in [1.29, 1.82) is 0 Å². The lowest BCUT2D eigenvalue weighted by Gasteiger charge is -2.08. The van der Waals surface area contributed by atoms with E-state index in [4.69, 9.17) is 4.42 Å². The Morgan fingerprint density at radius 2 is 1.46 bits per heavy atom. The van der Waals surface area contributed by atoms with Crippen LogP contribution in [0, 0.1) is 0 Å². The highest BCUT2D eigenvalue weighted by atomic mass is 16.3. The Kier molecular flexibility index (Phi) is 3.72. The molecule has 4 rings (SSSR count). The van der Waals surface area contributed by atoms with Crippen LogP contribution in [0.15, 0.2) is 89.5 Å². The lowest BCUT2D eigenvalue weighted by molar-refractivity contribution is 0.103. The largest absolute Gasteiger partial charge is 0.464 e. The van der Waals surface area contributed by atoms with E-state index in [1.54, 1.807) is 6.26 Å². The van der Waals surface area contributed by atoms with Crippen LogP contribution < -0.4 is 0 Å². The van der Waals surface area contributed by atoms with Crippen molar-refractivity contribution in [3.63, 3.8) is 0 Å². The fraction of sp³-hybridized carbons (Fsp3) is 0.0455. The van der Waals surface area contributed by atoms with E-state index in [1.807, 2.05) is 66.7 Å². The van der Waals surface area contributed by atoms with Crippen molar-refractivity contribution >= 4 is 16.8 Å². The average Bonchev–Trinajstić information content (AvgIpc) is 3.07. The first-order chi connectivity index (χ1) is 11.8. The third-order valence-electron chi connectivity index (χ3n) is 4.22. The Bertz CT molecular complexity index is 997. The van der Waals surface area contributed by atoms with Crippen LogP contribution in [0.1, 0.15) is 27.0 Å². The van der Waals surface area contributed by atoms with E-state index >= 15 is 0 Å². The van der Waals surface area contributed by atoms with Crippen molar-refractivity contribution in [2.24, 2.45) is 0 Å². The van der Waals surface area contributed by atoms with Crippen LogP contribution in [0.3, 0.4) is 0 Å². The number of hydrogen-bond donors (Lipinski definition) is 0. The minimum Gasteiger partial charge on any atom is -0.464 e. The maximum Gasteiger partial charge on any atom is 0.197 e. The lowest BCUT2D eigenvalue weighted by Crippen LogP contribution is -2.05. The molecule has 2 nitrogen and oxygen atoms in total. The first-order valence-corrected chi connectivity index (χ1v) is 7.96. The quantitative estimate of drug-likeness (QED) is 0.481. The number of furan rings is 1. The van der Waals surface area contributed by atoms with Gasteiger partial charge in [0.25, 0.3) is 0 Å². The first-order valence-electron chi connectivity index (χ1n) is 7.96. The molecule has 1 aromatic heterocycles. The molecule has 0 fully saturated rings. The second-order valence-electron chi connectivity index (χ2n) is 5.79. The van der Waals surface area contributed by atoms with E-state index in [2.05, 4.69) is 12.1 Å². The number of hydrogen-bond acceptors (Lipinski definition) is 2. The molecule has 4 aromatic rings. The van der Waals surface area contributed by atoms with Gasteiger partial charge >= 0.3 is 0 Å². The van der Waals surface area contributed by atoms with Crippen LogP contribution in [0.5, 0.6) is 0 Å². The van der Waals surface area contributed by atoms with Gasteiger partial charge in [-0.3, -0.25) is 4.79 Å². The maximum absolute atomic E-state index is 13.1. The molecular weight excluding hydrogens is 296 g/mol. The topological polar surface area (TPSA) is 30.2 Å². The molecule has 0 N–H and O–H groups in total. The number of benzene rings is 3. The van der Waals surface area contributed by atoms with Crippen molar-refractivity contribution in [2.45, 2.75) is 6.42 Å². The molecule has 0 bridgehead atoms. The third-order valence-corrected chi connectivity index (χ3v) is 4.22. The van der Waals surface area contributed by atoms with Crippen molar-refractivity contribution in [3.05, 3.63) is 107 Å². The highest BCUT2D eigenvalue weighted by molar-refractivity contribution is 6.16. The molecule has 0 radical (unpaired) electrons. The summed E-state index contributed by atoms with van der Waals surface area (Å²) in [4.78, 5) is 13.1. The van der Waals surface area contributed by atoms with Gasteiger partial charge in [0.2, 0.25) is 0 Å². The monoisotopic (exact) mass is 312 g/mol. The standard InChI is InChI=1S/C22H16O2/c23-22(20-15-24-21-13-7-6-12-19(20)21)18-11-5-4-10-17(18)14-16-8-2-1-3-9-16/h1-13,15H,14H2. The van der Waals surface area contributed by atoms with Crippen LogP contribution in [-0.2, 0) is 6.42 Å². The summed E-state index contributed by atoms with van der Waals surface area (Å²) in [5.74, 6) is 0.00600. The first kappa shape index (κ1) is 14.5. The van der Waals surface area contributed by atoms with Crippen molar-refractivity contribution in [1.82, 2.24) is 0 Å². The number of rotatable bonds is 4. The van der Waals surface area contributed by atoms with Gasteiger partial charge in [-0.1, -0.05) is 72.8 Å². The Balaban J connectivity index is 1.75. The van der Waals surface area contributed by atoms with E-state index in [1.165, 1.54) is 5.56 Å². The van der Waals surface area contributed by atoms with Gasteiger partial charge in [0.1, 0.15) is 11.8 Å². The zero-order valence-electron chi connectivity index (χ0n) is 13.1. The molecular formula is C22H16O2. The van der Waals surface area contributed by atoms with E-state index in [-0.39, 0.29) is 5.78 Å². The Morgan fingerprint density at radius 3 is 2.33 bits per heavy atom. The molecule has 0 unspecified atom stereocenters. The molecule has 0 atom stereocenters. The summed E-state index contributed by atoms with van der Waals surface area (Å²) >= 11 is 0. The fourth-order valence-corrected chi connectivity index (χ4v) is 3.01. The summed E-state index contributed by atoms with van der Waals surface area (Å²) in [6.45, 7) is 0. The summed E-state index contributed by atoms with van der Waals surface area (Å²) < 4.78 is 5.53. The fourth-order valence-electron chi connectivity index (χ4n) is 3.01. The molecule has 0 spiro atoms. The van der Waals surface area contributed by atoms with Crippen molar-refractivity contribution in [3.8, 4) is 0 Å². The zero-order valence-corrected chi connectivity index (χ0v) is 13.1. The lowest BCUT2D eigenvalue weighted by atomic mass is 9.94. The minimum atomic E-state index is 0.00600. The van der Waals surface area contributed by atoms with Crippen LogP contribution in [-0.4, -0.2) is 5.78 Å².